The molecule has 0 heterocycles. The molecule has 1 amide bonds. The Balaban J connectivity index is 1.99. The number of hydrogen-bond acceptors (Lipinski definition) is 2. The summed E-state index contributed by atoms with van der Waals surface area (Å²) in [7, 11) is 1.66. The Kier molecular flexibility index (Phi) is 4.83. The third-order valence-electron chi connectivity index (χ3n) is 3.94. The molecule has 3 nitrogen and oxygen atoms in total. The number of benzene rings is 1. The van der Waals surface area contributed by atoms with Crippen molar-refractivity contribution in [1.29, 1.82) is 0 Å². The predicted octanol–water partition coefficient (Wildman–Crippen LogP) is 3.45. The van der Waals surface area contributed by atoms with E-state index in [2.05, 4.69) is 5.32 Å². The summed E-state index contributed by atoms with van der Waals surface area (Å²) in [4.78, 5) is 12.2. The SMILES string of the molecule is COc1ccccc1[C@H](C)NC(=O)C1CCCCC1. The summed E-state index contributed by atoms with van der Waals surface area (Å²) < 4.78 is 5.34. The van der Waals surface area contributed by atoms with Crippen molar-refractivity contribution in [1.82, 2.24) is 5.32 Å². The molecule has 0 aliphatic heterocycles. The lowest BCUT2D eigenvalue weighted by Gasteiger charge is -2.24. The molecule has 1 aromatic rings. The van der Waals surface area contributed by atoms with Gasteiger partial charge in [-0.1, -0.05) is 37.5 Å². The Morgan fingerprint density at radius 3 is 2.63 bits per heavy atom. The molecule has 0 saturated heterocycles. The number of rotatable bonds is 4. The maximum atomic E-state index is 12.2. The molecule has 0 spiro atoms. The summed E-state index contributed by atoms with van der Waals surface area (Å²) in [5.41, 5.74) is 1.04. The minimum absolute atomic E-state index is 0.00873. The average molecular weight is 261 g/mol. The Morgan fingerprint density at radius 1 is 1.26 bits per heavy atom. The van der Waals surface area contributed by atoms with Gasteiger partial charge in [-0.2, -0.15) is 0 Å². The van der Waals surface area contributed by atoms with Crippen molar-refractivity contribution in [3.63, 3.8) is 0 Å². The van der Waals surface area contributed by atoms with Crippen molar-refractivity contribution < 1.29 is 9.53 Å². The van der Waals surface area contributed by atoms with Gasteiger partial charge in [0.1, 0.15) is 5.75 Å². The summed E-state index contributed by atoms with van der Waals surface area (Å²) in [6.45, 7) is 2.01. The molecule has 1 aliphatic carbocycles. The van der Waals surface area contributed by atoms with E-state index in [0.717, 1.165) is 24.2 Å². The Bertz CT molecular complexity index is 425. The van der Waals surface area contributed by atoms with Gasteiger partial charge in [-0.15, -0.1) is 0 Å². The Morgan fingerprint density at radius 2 is 1.95 bits per heavy atom. The number of nitrogens with one attached hydrogen (secondary N) is 1. The van der Waals surface area contributed by atoms with Crippen molar-refractivity contribution in [2.45, 2.75) is 45.1 Å². The largest absolute Gasteiger partial charge is 0.496 e. The van der Waals surface area contributed by atoms with Gasteiger partial charge in [0.05, 0.1) is 13.2 Å². The molecule has 1 aliphatic rings. The second kappa shape index (κ2) is 6.60. The minimum Gasteiger partial charge on any atom is -0.496 e. The molecule has 0 bridgehead atoms. The van der Waals surface area contributed by atoms with E-state index in [1.54, 1.807) is 7.11 Å². The molecule has 0 unspecified atom stereocenters. The maximum absolute atomic E-state index is 12.2. The number of hydrogen-bond donors (Lipinski definition) is 1. The van der Waals surface area contributed by atoms with Gasteiger partial charge in [-0.05, 0) is 25.8 Å². The fourth-order valence-electron chi connectivity index (χ4n) is 2.80. The lowest BCUT2D eigenvalue weighted by Crippen LogP contribution is -2.33. The van der Waals surface area contributed by atoms with E-state index < -0.39 is 0 Å². The van der Waals surface area contributed by atoms with Gasteiger partial charge in [-0.3, -0.25) is 4.79 Å². The van der Waals surface area contributed by atoms with E-state index >= 15 is 0 Å². The zero-order valence-electron chi connectivity index (χ0n) is 11.8. The van der Waals surface area contributed by atoms with Crippen LogP contribution >= 0.6 is 0 Å². The zero-order chi connectivity index (χ0) is 13.7. The third kappa shape index (κ3) is 3.49. The van der Waals surface area contributed by atoms with Crippen LogP contribution in [0.1, 0.15) is 50.6 Å². The summed E-state index contributed by atoms with van der Waals surface area (Å²) >= 11 is 0. The van der Waals surface area contributed by atoms with E-state index in [4.69, 9.17) is 4.74 Å². The second-order valence-corrected chi connectivity index (χ2v) is 5.31. The van der Waals surface area contributed by atoms with Crippen LogP contribution in [0.5, 0.6) is 5.75 Å². The number of carbonyl (C=O) groups excluding carboxylic acids is 1. The normalized spacial score (nSPS) is 17.8. The number of para-hydroxylation sites is 1. The maximum Gasteiger partial charge on any atom is 0.223 e. The molecular formula is C16H23NO2. The molecule has 0 radical (unpaired) electrons. The molecule has 3 heteroatoms. The quantitative estimate of drug-likeness (QED) is 0.901. The highest BCUT2D eigenvalue weighted by atomic mass is 16.5. The van der Waals surface area contributed by atoms with E-state index in [1.807, 2.05) is 31.2 Å². The molecule has 19 heavy (non-hydrogen) atoms. The van der Waals surface area contributed by atoms with Gasteiger partial charge in [0.25, 0.3) is 0 Å². The van der Waals surface area contributed by atoms with Gasteiger partial charge in [0, 0.05) is 11.5 Å². The van der Waals surface area contributed by atoms with Crippen LogP contribution in [0.15, 0.2) is 24.3 Å². The van der Waals surface area contributed by atoms with Gasteiger partial charge in [0.2, 0.25) is 5.91 Å². The monoisotopic (exact) mass is 261 g/mol. The first kappa shape index (κ1) is 13.9. The number of amides is 1. The molecule has 1 N–H and O–H groups in total. The zero-order valence-corrected chi connectivity index (χ0v) is 11.8. The molecule has 104 valence electrons. The molecule has 1 aromatic carbocycles. The van der Waals surface area contributed by atoms with Gasteiger partial charge in [0.15, 0.2) is 0 Å². The highest BCUT2D eigenvalue weighted by Crippen LogP contribution is 2.27. The van der Waals surface area contributed by atoms with E-state index in [-0.39, 0.29) is 17.9 Å². The minimum atomic E-state index is -0.00873. The topological polar surface area (TPSA) is 38.3 Å². The second-order valence-electron chi connectivity index (χ2n) is 5.31. The first-order valence-electron chi connectivity index (χ1n) is 7.15. The van der Waals surface area contributed by atoms with Crippen LogP contribution in [0, 0.1) is 5.92 Å². The van der Waals surface area contributed by atoms with Crippen LogP contribution in [0.2, 0.25) is 0 Å². The standard InChI is InChI=1S/C16H23NO2/c1-12(14-10-6-7-11-15(14)19-2)17-16(18)13-8-4-3-5-9-13/h6-7,10-13H,3-5,8-9H2,1-2H3,(H,17,18)/t12-/m0/s1. The summed E-state index contributed by atoms with van der Waals surface area (Å²) in [5, 5.41) is 3.12. The molecule has 1 fully saturated rings. The van der Waals surface area contributed by atoms with E-state index in [9.17, 15) is 4.79 Å². The van der Waals surface area contributed by atoms with Gasteiger partial charge in [-0.25, -0.2) is 0 Å². The van der Waals surface area contributed by atoms with Crippen LogP contribution < -0.4 is 10.1 Å². The van der Waals surface area contributed by atoms with Crippen LogP contribution in [-0.4, -0.2) is 13.0 Å². The molecule has 1 atom stereocenters. The Hall–Kier alpha value is -1.51. The van der Waals surface area contributed by atoms with Gasteiger partial charge < -0.3 is 10.1 Å². The van der Waals surface area contributed by atoms with Crippen LogP contribution in [0.4, 0.5) is 0 Å². The van der Waals surface area contributed by atoms with Gasteiger partial charge >= 0.3 is 0 Å². The Labute approximate surface area is 115 Å². The molecule has 1 saturated carbocycles. The third-order valence-corrected chi connectivity index (χ3v) is 3.94. The summed E-state index contributed by atoms with van der Waals surface area (Å²) in [5.74, 6) is 1.22. The smallest absolute Gasteiger partial charge is 0.223 e. The number of methoxy groups -OCH3 is 1. The first-order valence-corrected chi connectivity index (χ1v) is 7.15. The summed E-state index contributed by atoms with van der Waals surface area (Å²) in [6, 6.07) is 7.84. The fourth-order valence-corrected chi connectivity index (χ4v) is 2.80. The average Bonchev–Trinajstić information content (AvgIpc) is 2.48. The number of carbonyl (C=O) groups is 1. The van der Waals surface area contributed by atoms with E-state index in [0.29, 0.717) is 0 Å². The van der Waals surface area contributed by atoms with Crippen molar-refractivity contribution in [2.24, 2.45) is 5.92 Å². The van der Waals surface area contributed by atoms with Crippen molar-refractivity contribution >= 4 is 5.91 Å². The first-order chi connectivity index (χ1) is 9.22. The highest BCUT2D eigenvalue weighted by Gasteiger charge is 2.23. The van der Waals surface area contributed by atoms with Crippen molar-refractivity contribution in [3.05, 3.63) is 29.8 Å². The highest BCUT2D eigenvalue weighted by molar-refractivity contribution is 5.79. The molecule has 0 aromatic heterocycles. The summed E-state index contributed by atoms with van der Waals surface area (Å²) in [6.07, 6.45) is 5.70. The van der Waals surface area contributed by atoms with Crippen LogP contribution in [-0.2, 0) is 4.79 Å². The van der Waals surface area contributed by atoms with Crippen LogP contribution in [0.25, 0.3) is 0 Å². The lowest BCUT2D eigenvalue weighted by molar-refractivity contribution is -0.126. The lowest BCUT2D eigenvalue weighted by atomic mass is 9.88. The van der Waals surface area contributed by atoms with Crippen LogP contribution in [0.3, 0.4) is 0 Å². The fraction of sp³-hybridized carbons (Fsp3) is 0.562. The number of ether oxygens (including phenoxy) is 1. The predicted molar refractivity (Wildman–Crippen MR) is 76.1 cm³/mol. The van der Waals surface area contributed by atoms with Crippen molar-refractivity contribution in [2.75, 3.05) is 7.11 Å². The van der Waals surface area contributed by atoms with E-state index in [1.165, 1.54) is 19.3 Å². The van der Waals surface area contributed by atoms with Crippen molar-refractivity contribution in [3.8, 4) is 5.75 Å². The molecular weight excluding hydrogens is 238 g/mol. The molecule has 2 rings (SSSR count).